The van der Waals surface area contributed by atoms with Crippen LogP contribution in [0.3, 0.4) is 0 Å². The van der Waals surface area contributed by atoms with E-state index in [1.54, 1.807) is 31.3 Å². The van der Waals surface area contributed by atoms with Gasteiger partial charge < -0.3 is 15.0 Å². The molecule has 5 nitrogen and oxygen atoms in total. The third-order valence-corrected chi connectivity index (χ3v) is 5.02. The molecule has 0 fully saturated rings. The lowest BCUT2D eigenvalue weighted by Gasteiger charge is -2.12. The molecule has 0 spiro atoms. The van der Waals surface area contributed by atoms with E-state index in [1.165, 1.54) is 4.57 Å². The number of benzene rings is 3. The molecule has 144 valence electrons. The molecule has 2 N–H and O–H groups in total. The van der Waals surface area contributed by atoms with E-state index < -0.39 is 17.2 Å². The summed E-state index contributed by atoms with van der Waals surface area (Å²) in [6, 6.07) is 25.0. The van der Waals surface area contributed by atoms with Gasteiger partial charge in [-0.1, -0.05) is 72.8 Å². The monoisotopic (exact) mass is 384 g/mol. The van der Waals surface area contributed by atoms with Crippen molar-refractivity contribution in [1.29, 1.82) is 0 Å². The summed E-state index contributed by atoms with van der Waals surface area (Å²) in [5, 5.41) is 13.7. The molecular formula is C24H20N2O3. The van der Waals surface area contributed by atoms with Crippen LogP contribution in [-0.2, 0) is 13.6 Å². The van der Waals surface area contributed by atoms with Gasteiger partial charge in [-0.3, -0.25) is 9.59 Å². The highest BCUT2D eigenvalue weighted by Crippen LogP contribution is 2.24. The maximum Gasteiger partial charge on any atom is 0.293 e. The van der Waals surface area contributed by atoms with E-state index in [2.05, 4.69) is 5.32 Å². The van der Waals surface area contributed by atoms with E-state index >= 15 is 0 Å². The van der Waals surface area contributed by atoms with Crippen molar-refractivity contribution in [3.05, 3.63) is 100 Å². The lowest BCUT2D eigenvalue weighted by molar-refractivity contribution is 0.0949. The predicted molar refractivity (Wildman–Crippen MR) is 114 cm³/mol. The third kappa shape index (κ3) is 3.50. The Morgan fingerprint density at radius 2 is 1.52 bits per heavy atom. The van der Waals surface area contributed by atoms with Gasteiger partial charge >= 0.3 is 0 Å². The first kappa shape index (κ1) is 18.5. The SMILES string of the molecule is Cn1c(=O)c(O)c(C(=O)NCc2ccc(-c3ccccc3)cc2)c2ccccc21. The van der Waals surface area contributed by atoms with Crippen LogP contribution in [-0.4, -0.2) is 15.6 Å². The van der Waals surface area contributed by atoms with Crippen molar-refractivity contribution in [1.82, 2.24) is 9.88 Å². The molecule has 3 aromatic carbocycles. The Kier molecular flexibility index (Phi) is 4.87. The van der Waals surface area contributed by atoms with Crippen molar-refractivity contribution in [3.63, 3.8) is 0 Å². The van der Waals surface area contributed by atoms with Crippen LogP contribution in [0.15, 0.2) is 83.7 Å². The molecular weight excluding hydrogens is 364 g/mol. The number of nitrogens with zero attached hydrogens (tertiary/aromatic N) is 1. The molecule has 0 aliphatic heterocycles. The molecule has 0 aliphatic rings. The van der Waals surface area contributed by atoms with Crippen molar-refractivity contribution in [2.24, 2.45) is 7.05 Å². The average Bonchev–Trinajstić information content (AvgIpc) is 2.77. The van der Waals surface area contributed by atoms with E-state index in [9.17, 15) is 14.7 Å². The largest absolute Gasteiger partial charge is 0.502 e. The van der Waals surface area contributed by atoms with Crippen LogP contribution in [0.4, 0.5) is 0 Å². The summed E-state index contributed by atoms with van der Waals surface area (Å²) in [6.45, 7) is 0.289. The Bertz CT molecular complexity index is 1240. The van der Waals surface area contributed by atoms with E-state index in [4.69, 9.17) is 0 Å². The van der Waals surface area contributed by atoms with Crippen LogP contribution in [0.5, 0.6) is 5.75 Å². The van der Waals surface area contributed by atoms with E-state index in [0.717, 1.165) is 16.7 Å². The van der Waals surface area contributed by atoms with Crippen molar-refractivity contribution in [2.75, 3.05) is 0 Å². The van der Waals surface area contributed by atoms with E-state index in [1.807, 2.05) is 54.6 Å². The number of fused-ring (bicyclic) bond motifs is 1. The van der Waals surface area contributed by atoms with Gasteiger partial charge in [0.1, 0.15) is 0 Å². The second-order valence-electron chi connectivity index (χ2n) is 6.85. The summed E-state index contributed by atoms with van der Waals surface area (Å²) in [5.74, 6) is -1.02. The number of carbonyl (C=O) groups is 1. The molecule has 0 radical (unpaired) electrons. The van der Waals surface area contributed by atoms with Crippen LogP contribution in [0.25, 0.3) is 22.0 Å². The third-order valence-electron chi connectivity index (χ3n) is 5.02. The predicted octanol–water partition coefficient (Wildman–Crippen LogP) is 3.84. The topological polar surface area (TPSA) is 71.3 Å². The molecule has 0 saturated carbocycles. The van der Waals surface area contributed by atoms with Gasteiger partial charge in [-0.15, -0.1) is 0 Å². The van der Waals surface area contributed by atoms with E-state index in [-0.39, 0.29) is 12.1 Å². The van der Waals surface area contributed by atoms with Gasteiger partial charge in [-0.25, -0.2) is 0 Å². The number of rotatable bonds is 4. The zero-order valence-electron chi connectivity index (χ0n) is 15.9. The van der Waals surface area contributed by atoms with Crippen molar-refractivity contribution in [3.8, 4) is 16.9 Å². The van der Waals surface area contributed by atoms with Crippen LogP contribution in [0.2, 0.25) is 0 Å². The fourth-order valence-electron chi connectivity index (χ4n) is 3.43. The first-order valence-electron chi connectivity index (χ1n) is 9.29. The van der Waals surface area contributed by atoms with Crippen LogP contribution in [0.1, 0.15) is 15.9 Å². The van der Waals surface area contributed by atoms with Gasteiger partial charge in [0.2, 0.25) is 0 Å². The Labute approximate surface area is 167 Å². The van der Waals surface area contributed by atoms with Crippen LogP contribution < -0.4 is 10.9 Å². The Hall–Kier alpha value is -3.86. The highest BCUT2D eigenvalue weighted by atomic mass is 16.3. The molecule has 5 heteroatoms. The molecule has 1 heterocycles. The van der Waals surface area contributed by atoms with Crippen molar-refractivity contribution < 1.29 is 9.90 Å². The Morgan fingerprint density at radius 3 is 2.24 bits per heavy atom. The van der Waals surface area contributed by atoms with Gasteiger partial charge in [0, 0.05) is 19.0 Å². The maximum atomic E-state index is 12.8. The summed E-state index contributed by atoms with van der Waals surface area (Å²) in [4.78, 5) is 25.1. The smallest absolute Gasteiger partial charge is 0.293 e. The van der Waals surface area contributed by atoms with Gasteiger partial charge in [-0.2, -0.15) is 0 Å². The number of aromatic nitrogens is 1. The second kappa shape index (κ2) is 7.64. The molecule has 0 bridgehead atoms. The molecule has 4 rings (SSSR count). The molecule has 4 aromatic rings. The molecule has 1 aromatic heterocycles. The molecule has 1 amide bonds. The standard InChI is InChI=1S/C24H20N2O3/c1-26-20-10-6-5-9-19(20)21(22(27)24(26)29)23(28)25-15-16-11-13-18(14-12-16)17-7-3-2-4-8-17/h2-14,27H,15H2,1H3,(H,25,28). The zero-order chi connectivity index (χ0) is 20.4. The van der Waals surface area contributed by atoms with Gasteiger partial charge in [0.25, 0.3) is 11.5 Å². The molecule has 0 aliphatic carbocycles. The fourth-order valence-corrected chi connectivity index (χ4v) is 3.43. The number of pyridine rings is 1. The summed E-state index contributed by atoms with van der Waals surface area (Å²) < 4.78 is 1.34. The molecule has 0 atom stereocenters. The maximum absolute atomic E-state index is 12.8. The average molecular weight is 384 g/mol. The second-order valence-corrected chi connectivity index (χ2v) is 6.85. The number of para-hydroxylation sites is 1. The number of aromatic hydroxyl groups is 1. The lowest BCUT2D eigenvalue weighted by Crippen LogP contribution is -2.27. The minimum absolute atomic E-state index is 0.00426. The summed E-state index contributed by atoms with van der Waals surface area (Å²) in [6.07, 6.45) is 0. The zero-order valence-corrected chi connectivity index (χ0v) is 15.9. The number of nitrogens with one attached hydrogen (secondary N) is 1. The van der Waals surface area contributed by atoms with Crippen molar-refractivity contribution >= 4 is 16.8 Å². The summed E-state index contributed by atoms with van der Waals surface area (Å²) in [5.41, 5.74) is 3.14. The normalized spacial score (nSPS) is 10.8. The van der Waals surface area contributed by atoms with Crippen LogP contribution in [0, 0.1) is 0 Å². The summed E-state index contributed by atoms with van der Waals surface area (Å²) >= 11 is 0. The quantitative estimate of drug-likeness (QED) is 0.562. The van der Waals surface area contributed by atoms with E-state index in [0.29, 0.717) is 10.9 Å². The molecule has 0 saturated heterocycles. The number of hydrogen-bond donors (Lipinski definition) is 2. The number of aryl methyl sites for hydroxylation is 1. The fraction of sp³-hybridized carbons (Fsp3) is 0.0833. The lowest BCUT2D eigenvalue weighted by atomic mass is 10.0. The summed E-state index contributed by atoms with van der Waals surface area (Å²) in [7, 11) is 1.57. The number of carbonyl (C=O) groups excluding carboxylic acids is 1. The van der Waals surface area contributed by atoms with Crippen molar-refractivity contribution in [2.45, 2.75) is 6.54 Å². The molecule has 0 unspecified atom stereocenters. The van der Waals surface area contributed by atoms with Crippen LogP contribution >= 0.6 is 0 Å². The van der Waals surface area contributed by atoms with Gasteiger partial charge in [-0.05, 0) is 22.8 Å². The van der Waals surface area contributed by atoms with Gasteiger partial charge in [0.15, 0.2) is 5.75 Å². The number of hydrogen-bond acceptors (Lipinski definition) is 3. The Morgan fingerprint density at radius 1 is 0.897 bits per heavy atom. The first-order valence-corrected chi connectivity index (χ1v) is 9.29. The minimum atomic E-state index is -0.596. The molecule has 29 heavy (non-hydrogen) atoms. The van der Waals surface area contributed by atoms with Gasteiger partial charge in [0.05, 0.1) is 11.1 Å². The minimum Gasteiger partial charge on any atom is -0.502 e. The Balaban J connectivity index is 1.57. The first-order chi connectivity index (χ1) is 14.1. The highest BCUT2D eigenvalue weighted by Gasteiger charge is 2.20. The number of amides is 1. The highest BCUT2D eigenvalue weighted by molar-refractivity contribution is 6.08.